The number of ether oxygens (including phenoxy) is 2. The van der Waals surface area contributed by atoms with Gasteiger partial charge in [0, 0.05) is 10.0 Å². The van der Waals surface area contributed by atoms with Crippen LogP contribution >= 0.6 is 23.2 Å². The topological polar surface area (TPSA) is 244 Å². The second-order valence-corrected chi connectivity index (χ2v) is 7.06. The molecule has 0 bridgehead atoms. The average Bonchev–Trinajstić information content (AvgIpc) is 2.87. The van der Waals surface area contributed by atoms with E-state index in [1.165, 1.54) is 0 Å². The molecule has 0 saturated heterocycles. The Labute approximate surface area is 214 Å². The molecule has 0 fully saturated rings. The van der Waals surface area contributed by atoms with Gasteiger partial charge in [-0.25, -0.2) is 21.3 Å². The van der Waals surface area contributed by atoms with E-state index in [1.807, 2.05) is 10.9 Å². The lowest BCUT2D eigenvalue weighted by atomic mass is 10.2. The van der Waals surface area contributed by atoms with Crippen LogP contribution in [0.1, 0.15) is 0 Å². The standard InChI is InChI=1S/2C8H9ClN2O2.C4H6O6/c2*9-6-1-3-7(4-2-6)13-5-8(12)11-10;5-1(3(7)8)2(6)4(9)10/h2*1-4H,5,10H2,(H,11,12);1-2,5-6H,(H,7,8)(H,9,10). The molecule has 0 aliphatic rings. The van der Waals surface area contributed by atoms with Crippen molar-refractivity contribution in [3.8, 4) is 11.5 Å². The third-order valence-corrected chi connectivity index (χ3v) is 4.00. The molecule has 2 amide bonds. The summed E-state index contributed by atoms with van der Waals surface area (Å²) in [4.78, 5) is 40.9. The SMILES string of the molecule is NNC(=O)COc1ccc(Cl)cc1.NNC(=O)COc1ccc(Cl)cc1.O=C(O)C(O)C(O)C(=O)O. The third kappa shape index (κ3) is 14.6. The molecule has 10 N–H and O–H groups in total. The van der Waals surface area contributed by atoms with Crippen molar-refractivity contribution in [3.05, 3.63) is 58.6 Å². The Bertz CT molecular complexity index is 898. The highest BCUT2D eigenvalue weighted by Crippen LogP contribution is 2.15. The van der Waals surface area contributed by atoms with Crippen LogP contribution in [0.25, 0.3) is 0 Å². The number of aliphatic hydroxyl groups excluding tert-OH is 2. The Morgan fingerprint density at radius 3 is 1.19 bits per heavy atom. The van der Waals surface area contributed by atoms with E-state index in [2.05, 4.69) is 0 Å². The van der Waals surface area contributed by atoms with E-state index in [0.29, 0.717) is 21.5 Å². The van der Waals surface area contributed by atoms with Crippen molar-refractivity contribution in [1.82, 2.24) is 10.9 Å². The van der Waals surface area contributed by atoms with Crippen molar-refractivity contribution >= 4 is 47.0 Å². The molecule has 0 aromatic heterocycles. The van der Waals surface area contributed by atoms with Gasteiger partial charge in [-0.3, -0.25) is 20.4 Å². The summed E-state index contributed by atoms with van der Waals surface area (Å²) in [6, 6.07) is 13.4. The molecule has 0 aliphatic heterocycles. The van der Waals surface area contributed by atoms with E-state index in [9.17, 15) is 19.2 Å². The Kier molecular flexibility index (Phi) is 15.9. The number of rotatable bonds is 9. The molecule has 0 heterocycles. The lowest BCUT2D eigenvalue weighted by molar-refractivity contribution is -0.165. The summed E-state index contributed by atoms with van der Waals surface area (Å²) in [7, 11) is 0. The predicted molar refractivity (Wildman–Crippen MR) is 126 cm³/mol. The van der Waals surface area contributed by atoms with Gasteiger partial charge in [0.05, 0.1) is 0 Å². The van der Waals surface area contributed by atoms with Crippen LogP contribution in [0.15, 0.2) is 48.5 Å². The Balaban J connectivity index is 0.000000517. The average molecular weight is 551 g/mol. The lowest BCUT2D eigenvalue weighted by Gasteiger charge is -2.07. The van der Waals surface area contributed by atoms with Gasteiger partial charge in [0.2, 0.25) is 0 Å². The monoisotopic (exact) mass is 550 g/mol. The summed E-state index contributed by atoms with van der Waals surface area (Å²) in [5.74, 6) is 6.58. The van der Waals surface area contributed by atoms with Crippen molar-refractivity contribution in [2.75, 3.05) is 13.2 Å². The number of carboxylic acids is 2. The number of benzene rings is 2. The highest BCUT2D eigenvalue weighted by molar-refractivity contribution is 6.30. The fourth-order valence-corrected chi connectivity index (χ4v) is 1.96. The zero-order valence-electron chi connectivity index (χ0n) is 18.3. The minimum atomic E-state index is -2.27. The number of hydrogen-bond donors (Lipinski definition) is 8. The summed E-state index contributed by atoms with van der Waals surface area (Å²) in [5, 5.41) is 33.8. The molecule has 0 spiro atoms. The number of carbonyl (C=O) groups excluding carboxylic acids is 2. The number of nitrogens with two attached hydrogens (primary N) is 2. The summed E-state index contributed by atoms with van der Waals surface area (Å²) in [6.45, 7) is -0.198. The molecule has 198 valence electrons. The van der Waals surface area contributed by atoms with Crippen LogP contribution in [0, 0.1) is 0 Å². The molecular formula is C20H24Cl2N4O10. The first-order valence-electron chi connectivity index (χ1n) is 9.48. The molecule has 2 rings (SSSR count). The smallest absolute Gasteiger partial charge is 0.335 e. The van der Waals surface area contributed by atoms with E-state index < -0.39 is 24.1 Å². The maximum absolute atomic E-state index is 10.7. The fourth-order valence-electron chi connectivity index (χ4n) is 1.71. The van der Waals surface area contributed by atoms with Crippen molar-refractivity contribution in [2.45, 2.75) is 12.2 Å². The van der Waals surface area contributed by atoms with Gasteiger partial charge in [-0.2, -0.15) is 0 Å². The molecule has 0 aliphatic carbocycles. The van der Waals surface area contributed by atoms with Crippen LogP contribution in [0.5, 0.6) is 11.5 Å². The molecule has 0 saturated carbocycles. The second kappa shape index (κ2) is 17.7. The lowest BCUT2D eigenvalue weighted by Crippen LogP contribution is -2.39. The largest absolute Gasteiger partial charge is 0.484 e. The Hall–Kier alpha value is -3.66. The normalized spacial score (nSPS) is 11.2. The van der Waals surface area contributed by atoms with Crippen LogP contribution in [-0.2, 0) is 19.2 Å². The first kappa shape index (κ1) is 32.3. The van der Waals surface area contributed by atoms with Crippen molar-refractivity contribution in [2.24, 2.45) is 11.7 Å². The molecule has 0 radical (unpaired) electrons. The molecule has 2 atom stereocenters. The first-order valence-corrected chi connectivity index (χ1v) is 10.2. The maximum Gasteiger partial charge on any atom is 0.335 e. The fraction of sp³-hybridized carbons (Fsp3) is 0.200. The first-order chi connectivity index (χ1) is 16.9. The highest BCUT2D eigenvalue weighted by atomic mass is 35.5. The molecule has 14 nitrogen and oxygen atoms in total. The van der Waals surface area contributed by atoms with Gasteiger partial charge in [-0.15, -0.1) is 0 Å². The zero-order valence-corrected chi connectivity index (χ0v) is 19.8. The zero-order chi connectivity index (χ0) is 27.7. The maximum atomic E-state index is 10.7. The van der Waals surface area contributed by atoms with Crippen LogP contribution in [0.2, 0.25) is 10.0 Å². The van der Waals surface area contributed by atoms with Crippen LogP contribution < -0.4 is 32.0 Å². The molecule has 36 heavy (non-hydrogen) atoms. The number of halogens is 2. The molecule has 2 unspecified atom stereocenters. The van der Waals surface area contributed by atoms with E-state index in [1.54, 1.807) is 48.5 Å². The molecule has 2 aromatic carbocycles. The van der Waals surface area contributed by atoms with E-state index in [4.69, 9.17) is 64.8 Å². The summed E-state index contributed by atoms with van der Waals surface area (Å²) < 4.78 is 10.1. The number of hydrazine groups is 2. The number of aliphatic hydroxyl groups is 2. The van der Waals surface area contributed by atoms with Gasteiger partial charge in [0.15, 0.2) is 25.4 Å². The van der Waals surface area contributed by atoms with E-state index >= 15 is 0 Å². The van der Waals surface area contributed by atoms with Gasteiger partial charge in [0.25, 0.3) is 11.8 Å². The highest BCUT2D eigenvalue weighted by Gasteiger charge is 2.29. The van der Waals surface area contributed by atoms with Gasteiger partial charge >= 0.3 is 11.9 Å². The number of carbonyl (C=O) groups is 4. The van der Waals surface area contributed by atoms with Gasteiger partial charge in [-0.1, -0.05) is 23.2 Å². The van der Waals surface area contributed by atoms with E-state index in [0.717, 1.165) is 0 Å². The Morgan fingerprint density at radius 2 is 0.972 bits per heavy atom. The van der Waals surface area contributed by atoms with Gasteiger partial charge in [-0.05, 0) is 48.5 Å². The number of amides is 2. The van der Waals surface area contributed by atoms with Crippen molar-refractivity contribution in [3.63, 3.8) is 0 Å². The number of aliphatic carboxylic acids is 2. The molecule has 2 aromatic rings. The second-order valence-electron chi connectivity index (χ2n) is 6.19. The van der Waals surface area contributed by atoms with Gasteiger partial charge in [0.1, 0.15) is 11.5 Å². The molecular weight excluding hydrogens is 527 g/mol. The summed E-state index contributed by atoms with van der Waals surface area (Å²) >= 11 is 11.3. The third-order valence-electron chi connectivity index (χ3n) is 3.49. The van der Waals surface area contributed by atoms with Gasteiger partial charge < -0.3 is 29.9 Å². The molecule has 16 heteroatoms. The quantitative estimate of drug-likeness (QED) is 0.110. The van der Waals surface area contributed by atoms with Crippen molar-refractivity contribution in [1.29, 1.82) is 0 Å². The number of hydrogen-bond acceptors (Lipinski definition) is 10. The summed E-state index contributed by atoms with van der Waals surface area (Å²) in [5.41, 5.74) is 3.91. The number of carboxylic acid groups (broad SMARTS) is 2. The summed E-state index contributed by atoms with van der Waals surface area (Å²) in [6.07, 6.45) is -4.53. The van der Waals surface area contributed by atoms with Crippen LogP contribution in [0.4, 0.5) is 0 Å². The minimum absolute atomic E-state index is 0.0991. The van der Waals surface area contributed by atoms with E-state index in [-0.39, 0.29) is 25.0 Å². The predicted octanol–water partition coefficient (Wildman–Crippen LogP) is -0.705. The van der Waals surface area contributed by atoms with Crippen LogP contribution in [0.3, 0.4) is 0 Å². The Morgan fingerprint density at radius 1 is 0.694 bits per heavy atom. The minimum Gasteiger partial charge on any atom is -0.484 e. The van der Waals surface area contributed by atoms with Crippen molar-refractivity contribution < 1.29 is 49.1 Å². The number of nitrogens with one attached hydrogen (secondary N) is 2. The van der Waals surface area contributed by atoms with Crippen LogP contribution in [-0.4, -0.2) is 69.6 Å².